The van der Waals surface area contributed by atoms with E-state index in [1.807, 2.05) is 24.3 Å². The average molecular weight is 272 g/mol. The first kappa shape index (κ1) is 11.7. The van der Waals surface area contributed by atoms with Crippen molar-refractivity contribution in [1.29, 1.82) is 0 Å². The molecule has 0 aliphatic heterocycles. The molecule has 94 valence electrons. The number of phenolic OH excluding ortho intramolecular Hbond substituents is 1. The van der Waals surface area contributed by atoms with Gasteiger partial charge in [0.1, 0.15) is 11.6 Å². The number of benzene rings is 2. The molecular weight excluding hydrogens is 262 g/mol. The molecule has 19 heavy (non-hydrogen) atoms. The van der Waals surface area contributed by atoms with E-state index in [2.05, 4.69) is 15.3 Å². The molecule has 1 heterocycles. The third kappa shape index (κ3) is 2.44. The maximum atomic E-state index is 9.26. The van der Waals surface area contributed by atoms with Crippen LogP contribution >= 0.6 is 11.6 Å². The highest BCUT2D eigenvalue weighted by Crippen LogP contribution is 2.25. The number of aromatic nitrogens is 2. The second-order valence-corrected chi connectivity index (χ2v) is 4.37. The average Bonchev–Trinajstić information content (AvgIpc) is 2.41. The zero-order valence-electron chi connectivity index (χ0n) is 9.84. The maximum absolute atomic E-state index is 9.26. The summed E-state index contributed by atoms with van der Waals surface area (Å²) in [5.41, 5.74) is 1.60. The summed E-state index contributed by atoms with van der Waals surface area (Å²) in [6.07, 6.45) is 0. The molecule has 0 spiro atoms. The maximum Gasteiger partial charge on any atom is 0.224 e. The molecule has 0 saturated heterocycles. The summed E-state index contributed by atoms with van der Waals surface area (Å²) >= 11 is 5.91. The summed E-state index contributed by atoms with van der Waals surface area (Å²) < 4.78 is 0. The van der Waals surface area contributed by atoms with Gasteiger partial charge in [0.05, 0.1) is 5.52 Å². The minimum absolute atomic E-state index is 0.194. The lowest BCUT2D eigenvalue weighted by Gasteiger charge is -2.09. The zero-order valence-corrected chi connectivity index (χ0v) is 10.6. The van der Waals surface area contributed by atoms with Crippen molar-refractivity contribution in [3.8, 4) is 5.75 Å². The second kappa shape index (κ2) is 4.74. The van der Waals surface area contributed by atoms with Gasteiger partial charge < -0.3 is 10.4 Å². The molecule has 0 bridgehead atoms. The van der Waals surface area contributed by atoms with Gasteiger partial charge in [-0.05, 0) is 48.0 Å². The first-order valence-corrected chi connectivity index (χ1v) is 6.08. The van der Waals surface area contributed by atoms with Gasteiger partial charge in [0.2, 0.25) is 5.28 Å². The van der Waals surface area contributed by atoms with E-state index in [1.165, 1.54) is 0 Å². The Bertz CT molecular complexity index is 728. The van der Waals surface area contributed by atoms with E-state index in [4.69, 9.17) is 11.6 Å². The van der Waals surface area contributed by atoms with Crippen LogP contribution in [0.1, 0.15) is 0 Å². The third-order valence-electron chi connectivity index (χ3n) is 2.71. The predicted octanol–water partition coefficient (Wildman–Crippen LogP) is 3.73. The van der Waals surface area contributed by atoms with E-state index in [0.29, 0.717) is 5.82 Å². The van der Waals surface area contributed by atoms with Crippen LogP contribution in [-0.2, 0) is 0 Å². The molecule has 4 nitrogen and oxygen atoms in total. The van der Waals surface area contributed by atoms with Crippen molar-refractivity contribution < 1.29 is 5.11 Å². The van der Waals surface area contributed by atoms with Gasteiger partial charge in [-0.3, -0.25) is 0 Å². The van der Waals surface area contributed by atoms with E-state index in [1.54, 1.807) is 24.3 Å². The smallest absolute Gasteiger partial charge is 0.224 e. The number of hydrogen-bond donors (Lipinski definition) is 2. The number of halogens is 1. The predicted molar refractivity (Wildman–Crippen MR) is 75.9 cm³/mol. The van der Waals surface area contributed by atoms with Crippen molar-refractivity contribution in [2.45, 2.75) is 0 Å². The Labute approximate surface area is 114 Å². The quantitative estimate of drug-likeness (QED) is 0.551. The Balaban J connectivity index is 2.07. The number of hydrogen-bond acceptors (Lipinski definition) is 4. The van der Waals surface area contributed by atoms with Crippen LogP contribution in [0.25, 0.3) is 10.9 Å². The summed E-state index contributed by atoms with van der Waals surface area (Å²) in [6, 6.07) is 14.4. The standard InChI is InChI=1S/C14H10ClN3O/c15-14-17-12-4-2-1-3-11(12)13(18-14)16-9-5-7-10(19)8-6-9/h1-8,19H,(H,16,17,18). The summed E-state index contributed by atoms with van der Waals surface area (Å²) in [5.74, 6) is 0.859. The molecule has 0 unspecified atom stereocenters. The number of phenols is 1. The lowest BCUT2D eigenvalue weighted by Crippen LogP contribution is -1.96. The molecule has 2 aromatic carbocycles. The molecule has 2 N–H and O–H groups in total. The Morgan fingerprint density at radius 3 is 2.47 bits per heavy atom. The Morgan fingerprint density at radius 1 is 0.947 bits per heavy atom. The van der Waals surface area contributed by atoms with Crippen LogP contribution in [0.4, 0.5) is 11.5 Å². The lowest BCUT2D eigenvalue weighted by molar-refractivity contribution is 0.475. The Kier molecular flexibility index (Phi) is 2.93. The van der Waals surface area contributed by atoms with Crippen LogP contribution in [-0.4, -0.2) is 15.1 Å². The Morgan fingerprint density at radius 2 is 1.68 bits per heavy atom. The first-order chi connectivity index (χ1) is 9.22. The van der Waals surface area contributed by atoms with Gasteiger partial charge >= 0.3 is 0 Å². The zero-order chi connectivity index (χ0) is 13.2. The van der Waals surface area contributed by atoms with Gasteiger partial charge in [0, 0.05) is 11.1 Å². The van der Waals surface area contributed by atoms with Crippen molar-refractivity contribution in [3.63, 3.8) is 0 Å². The number of para-hydroxylation sites is 1. The van der Waals surface area contributed by atoms with Crippen molar-refractivity contribution in [3.05, 3.63) is 53.8 Å². The number of rotatable bonds is 2. The van der Waals surface area contributed by atoms with Crippen molar-refractivity contribution in [2.75, 3.05) is 5.32 Å². The largest absolute Gasteiger partial charge is 0.508 e. The van der Waals surface area contributed by atoms with Crippen LogP contribution in [0.5, 0.6) is 5.75 Å². The van der Waals surface area contributed by atoms with Gasteiger partial charge in [-0.2, -0.15) is 4.98 Å². The lowest BCUT2D eigenvalue weighted by atomic mass is 10.2. The number of nitrogens with zero attached hydrogens (tertiary/aromatic N) is 2. The molecule has 0 saturated carbocycles. The number of anilines is 2. The fourth-order valence-corrected chi connectivity index (χ4v) is 2.00. The Hall–Kier alpha value is -2.33. The van der Waals surface area contributed by atoms with Crippen LogP contribution in [0.2, 0.25) is 5.28 Å². The molecule has 3 aromatic rings. The summed E-state index contributed by atoms with van der Waals surface area (Å²) in [4.78, 5) is 8.37. The van der Waals surface area contributed by atoms with E-state index in [9.17, 15) is 5.11 Å². The summed E-state index contributed by atoms with van der Waals surface area (Å²) in [7, 11) is 0. The van der Waals surface area contributed by atoms with Crippen LogP contribution in [0.15, 0.2) is 48.5 Å². The molecule has 5 heteroatoms. The van der Waals surface area contributed by atoms with Gasteiger partial charge in [-0.15, -0.1) is 0 Å². The fraction of sp³-hybridized carbons (Fsp3) is 0. The number of nitrogens with one attached hydrogen (secondary N) is 1. The van der Waals surface area contributed by atoms with Crippen molar-refractivity contribution in [2.24, 2.45) is 0 Å². The van der Waals surface area contributed by atoms with E-state index < -0.39 is 0 Å². The highest BCUT2D eigenvalue weighted by atomic mass is 35.5. The fourth-order valence-electron chi connectivity index (χ4n) is 1.83. The molecule has 0 amide bonds. The van der Waals surface area contributed by atoms with Gasteiger partial charge in [0.15, 0.2) is 0 Å². The van der Waals surface area contributed by atoms with Crippen molar-refractivity contribution >= 4 is 34.0 Å². The van der Waals surface area contributed by atoms with E-state index in [0.717, 1.165) is 16.6 Å². The number of aromatic hydroxyl groups is 1. The molecule has 3 rings (SSSR count). The topological polar surface area (TPSA) is 58.0 Å². The van der Waals surface area contributed by atoms with Gasteiger partial charge in [-0.1, -0.05) is 12.1 Å². The minimum Gasteiger partial charge on any atom is -0.508 e. The molecule has 0 aliphatic carbocycles. The summed E-state index contributed by atoms with van der Waals surface area (Å²) in [5, 5.41) is 13.5. The van der Waals surface area contributed by atoms with Crippen LogP contribution < -0.4 is 5.32 Å². The molecule has 0 radical (unpaired) electrons. The molecule has 0 atom stereocenters. The van der Waals surface area contributed by atoms with Gasteiger partial charge in [-0.25, -0.2) is 4.98 Å². The van der Waals surface area contributed by atoms with Crippen molar-refractivity contribution in [1.82, 2.24) is 9.97 Å². The monoisotopic (exact) mass is 271 g/mol. The highest BCUT2D eigenvalue weighted by Gasteiger charge is 2.06. The third-order valence-corrected chi connectivity index (χ3v) is 2.88. The molecule has 0 aliphatic rings. The van der Waals surface area contributed by atoms with Crippen LogP contribution in [0, 0.1) is 0 Å². The normalized spacial score (nSPS) is 10.6. The highest BCUT2D eigenvalue weighted by molar-refractivity contribution is 6.28. The second-order valence-electron chi connectivity index (χ2n) is 4.03. The van der Waals surface area contributed by atoms with E-state index >= 15 is 0 Å². The molecular formula is C14H10ClN3O. The molecule has 1 aromatic heterocycles. The van der Waals surface area contributed by atoms with E-state index in [-0.39, 0.29) is 11.0 Å². The van der Waals surface area contributed by atoms with Crippen LogP contribution in [0.3, 0.4) is 0 Å². The molecule has 0 fully saturated rings. The minimum atomic E-state index is 0.194. The van der Waals surface area contributed by atoms with Gasteiger partial charge in [0.25, 0.3) is 0 Å². The SMILES string of the molecule is Oc1ccc(Nc2nc(Cl)nc3ccccc23)cc1. The first-order valence-electron chi connectivity index (χ1n) is 5.71. The number of fused-ring (bicyclic) bond motifs is 1. The summed E-state index contributed by atoms with van der Waals surface area (Å²) in [6.45, 7) is 0.